The summed E-state index contributed by atoms with van der Waals surface area (Å²) in [4.78, 5) is 42.7. The van der Waals surface area contributed by atoms with Gasteiger partial charge in [0, 0.05) is 50.0 Å². The van der Waals surface area contributed by atoms with Crippen molar-refractivity contribution in [3.8, 4) is 5.75 Å². The van der Waals surface area contributed by atoms with Crippen molar-refractivity contribution in [3.63, 3.8) is 0 Å². The molecule has 0 spiro atoms. The Balaban J connectivity index is 1.41. The predicted octanol–water partition coefficient (Wildman–Crippen LogP) is 2.13. The van der Waals surface area contributed by atoms with E-state index in [1.54, 1.807) is 49.4 Å². The highest BCUT2D eigenvalue weighted by atomic mass is 35.5. The molecule has 1 fully saturated rings. The van der Waals surface area contributed by atoms with Crippen molar-refractivity contribution < 1.29 is 19.1 Å². The van der Waals surface area contributed by atoms with Crippen LogP contribution in [0.5, 0.6) is 5.75 Å². The van der Waals surface area contributed by atoms with Crippen LogP contribution < -0.4 is 10.1 Å². The molecule has 0 saturated carbocycles. The van der Waals surface area contributed by atoms with Crippen molar-refractivity contribution in [2.24, 2.45) is 0 Å². The van der Waals surface area contributed by atoms with E-state index >= 15 is 0 Å². The number of amides is 3. The molecule has 9 heteroatoms. The van der Waals surface area contributed by atoms with E-state index in [0.29, 0.717) is 42.6 Å². The van der Waals surface area contributed by atoms with Gasteiger partial charge in [0.15, 0.2) is 0 Å². The summed E-state index contributed by atoms with van der Waals surface area (Å²) in [5.41, 5.74) is 1.42. The zero-order valence-electron chi connectivity index (χ0n) is 18.9. The maximum atomic E-state index is 12.6. The summed E-state index contributed by atoms with van der Waals surface area (Å²) in [7, 11) is 3.17. The second kappa shape index (κ2) is 11.7. The van der Waals surface area contributed by atoms with Gasteiger partial charge in [0.1, 0.15) is 5.75 Å². The number of anilines is 1. The summed E-state index contributed by atoms with van der Waals surface area (Å²) in [6, 6.07) is 14.4. The van der Waals surface area contributed by atoms with Gasteiger partial charge in [-0.05, 0) is 23.8 Å². The Morgan fingerprint density at radius 3 is 2.48 bits per heavy atom. The number of rotatable bonds is 8. The normalized spacial score (nSPS) is 14.0. The van der Waals surface area contributed by atoms with E-state index < -0.39 is 0 Å². The first-order chi connectivity index (χ1) is 15.9. The third kappa shape index (κ3) is 7.20. The number of carbonyl (C=O) groups excluding carboxylic acids is 3. The van der Waals surface area contributed by atoms with E-state index in [4.69, 9.17) is 16.3 Å². The molecule has 1 aliphatic heterocycles. The number of piperazine rings is 1. The molecule has 8 nitrogen and oxygen atoms in total. The summed E-state index contributed by atoms with van der Waals surface area (Å²) >= 11 is 6.16. The highest BCUT2D eigenvalue weighted by Crippen LogP contribution is 2.17. The SMILES string of the molecule is COc1cccc(NC(=O)CN(C)C(=O)CN2CCN(C(=O)Cc3ccccc3Cl)CC2)c1. The number of carbonyl (C=O) groups is 3. The second-order valence-electron chi connectivity index (χ2n) is 7.96. The van der Waals surface area contributed by atoms with Crippen LogP contribution in [-0.2, 0) is 20.8 Å². The van der Waals surface area contributed by atoms with Crippen LogP contribution in [0.2, 0.25) is 5.02 Å². The molecule has 0 unspecified atom stereocenters. The Morgan fingerprint density at radius 1 is 1.06 bits per heavy atom. The average molecular weight is 473 g/mol. The molecule has 0 atom stereocenters. The quantitative estimate of drug-likeness (QED) is 0.636. The molecule has 1 aliphatic rings. The highest BCUT2D eigenvalue weighted by molar-refractivity contribution is 6.31. The fourth-order valence-corrected chi connectivity index (χ4v) is 3.79. The average Bonchev–Trinajstić information content (AvgIpc) is 2.81. The molecule has 1 heterocycles. The molecule has 33 heavy (non-hydrogen) atoms. The van der Waals surface area contributed by atoms with Gasteiger partial charge in [-0.15, -0.1) is 0 Å². The number of likely N-dealkylation sites (N-methyl/N-ethyl adjacent to an activating group) is 1. The first-order valence-electron chi connectivity index (χ1n) is 10.8. The van der Waals surface area contributed by atoms with Gasteiger partial charge in [0.25, 0.3) is 0 Å². The standard InChI is InChI=1S/C24H29ClN4O4/c1-27(16-22(30)26-19-7-5-8-20(15-19)33-2)24(32)17-28-10-12-29(13-11-28)23(31)14-18-6-3-4-9-21(18)25/h3-9,15H,10-14,16-17H2,1-2H3,(H,26,30). The van der Waals surface area contributed by atoms with Crippen LogP contribution >= 0.6 is 11.6 Å². The number of benzene rings is 2. The molecule has 0 bridgehead atoms. The van der Waals surface area contributed by atoms with Gasteiger partial charge in [-0.3, -0.25) is 19.3 Å². The lowest BCUT2D eigenvalue weighted by atomic mass is 10.1. The Hall–Kier alpha value is -3.10. The van der Waals surface area contributed by atoms with Crippen molar-refractivity contribution in [3.05, 3.63) is 59.1 Å². The third-order valence-electron chi connectivity index (χ3n) is 5.54. The minimum atomic E-state index is -0.283. The molecule has 0 aromatic heterocycles. The lowest BCUT2D eigenvalue weighted by Gasteiger charge is -2.35. The summed E-state index contributed by atoms with van der Waals surface area (Å²) in [6.45, 7) is 2.46. The van der Waals surface area contributed by atoms with E-state index in [-0.39, 0.29) is 37.2 Å². The van der Waals surface area contributed by atoms with Crippen LogP contribution in [0.25, 0.3) is 0 Å². The number of halogens is 1. The van der Waals surface area contributed by atoms with Crippen molar-refractivity contribution in [1.29, 1.82) is 0 Å². The molecule has 0 radical (unpaired) electrons. The van der Waals surface area contributed by atoms with Gasteiger partial charge in [-0.1, -0.05) is 35.9 Å². The van der Waals surface area contributed by atoms with Crippen LogP contribution in [-0.4, -0.2) is 85.8 Å². The van der Waals surface area contributed by atoms with E-state index in [9.17, 15) is 14.4 Å². The van der Waals surface area contributed by atoms with Crippen LogP contribution in [0.15, 0.2) is 48.5 Å². The fraction of sp³-hybridized carbons (Fsp3) is 0.375. The van der Waals surface area contributed by atoms with Crippen molar-refractivity contribution in [2.75, 3.05) is 58.7 Å². The molecule has 0 aliphatic carbocycles. The Labute approximate surface area is 199 Å². The Bertz CT molecular complexity index is 992. The third-order valence-corrected chi connectivity index (χ3v) is 5.91. The van der Waals surface area contributed by atoms with E-state index in [0.717, 1.165) is 5.56 Å². The minimum absolute atomic E-state index is 0.0282. The van der Waals surface area contributed by atoms with Crippen LogP contribution in [0.3, 0.4) is 0 Å². The molecular weight excluding hydrogens is 444 g/mol. The first-order valence-corrected chi connectivity index (χ1v) is 11.1. The van der Waals surface area contributed by atoms with Gasteiger partial charge in [-0.2, -0.15) is 0 Å². The zero-order valence-corrected chi connectivity index (χ0v) is 19.7. The van der Waals surface area contributed by atoms with Crippen LogP contribution in [0, 0.1) is 0 Å². The number of hydrogen-bond acceptors (Lipinski definition) is 5. The monoisotopic (exact) mass is 472 g/mol. The molecule has 2 aromatic carbocycles. The lowest BCUT2D eigenvalue weighted by Crippen LogP contribution is -2.52. The molecule has 2 aromatic rings. The number of nitrogens with zero attached hydrogens (tertiary/aromatic N) is 3. The minimum Gasteiger partial charge on any atom is -0.497 e. The zero-order chi connectivity index (χ0) is 23.8. The summed E-state index contributed by atoms with van der Waals surface area (Å²) < 4.78 is 5.15. The first kappa shape index (κ1) is 24.5. The van der Waals surface area contributed by atoms with E-state index in [1.165, 1.54) is 4.90 Å². The number of methoxy groups -OCH3 is 1. The summed E-state index contributed by atoms with van der Waals surface area (Å²) in [6.07, 6.45) is 0.268. The smallest absolute Gasteiger partial charge is 0.243 e. The summed E-state index contributed by atoms with van der Waals surface area (Å²) in [5, 5.41) is 3.36. The van der Waals surface area contributed by atoms with Gasteiger partial charge in [0.2, 0.25) is 17.7 Å². The largest absolute Gasteiger partial charge is 0.497 e. The Morgan fingerprint density at radius 2 is 1.79 bits per heavy atom. The molecule has 176 valence electrons. The van der Waals surface area contributed by atoms with Crippen molar-refractivity contribution >= 4 is 35.0 Å². The number of nitrogens with one attached hydrogen (secondary N) is 1. The molecule has 3 rings (SSSR count). The van der Waals surface area contributed by atoms with Crippen molar-refractivity contribution in [1.82, 2.24) is 14.7 Å². The molecule has 3 amide bonds. The molecular formula is C24H29ClN4O4. The molecule has 1 saturated heterocycles. The van der Waals surface area contributed by atoms with Crippen LogP contribution in [0.4, 0.5) is 5.69 Å². The lowest BCUT2D eigenvalue weighted by molar-refractivity contribution is -0.136. The van der Waals surface area contributed by atoms with Gasteiger partial charge in [-0.25, -0.2) is 0 Å². The maximum absolute atomic E-state index is 12.6. The predicted molar refractivity (Wildman–Crippen MR) is 127 cm³/mol. The highest BCUT2D eigenvalue weighted by Gasteiger charge is 2.24. The van der Waals surface area contributed by atoms with Gasteiger partial charge >= 0.3 is 0 Å². The van der Waals surface area contributed by atoms with Crippen molar-refractivity contribution in [2.45, 2.75) is 6.42 Å². The van der Waals surface area contributed by atoms with Crippen LogP contribution in [0.1, 0.15) is 5.56 Å². The second-order valence-corrected chi connectivity index (χ2v) is 8.36. The van der Waals surface area contributed by atoms with E-state index in [1.807, 2.05) is 23.1 Å². The van der Waals surface area contributed by atoms with Gasteiger partial charge in [0.05, 0.1) is 26.6 Å². The topological polar surface area (TPSA) is 82.2 Å². The van der Waals surface area contributed by atoms with Gasteiger partial charge < -0.3 is 19.9 Å². The summed E-state index contributed by atoms with van der Waals surface area (Å²) in [5.74, 6) is 0.239. The fourth-order valence-electron chi connectivity index (χ4n) is 3.59. The number of hydrogen-bond donors (Lipinski definition) is 1. The Kier molecular flexibility index (Phi) is 8.68. The number of ether oxygens (including phenoxy) is 1. The van der Waals surface area contributed by atoms with E-state index in [2.05, 4.69) is 5.32 Å². The maximum Gasteiger partial charge on any atom is 0.243 e. The molecule has 1 N–H and O–H groups in total.